The lowest BCUT2D eigenvalue weighted by Crippen LogP contribution is -2.03. The van der Waals surface area contributed by atoms with Crippen LogP contribution in [0.15, 0.2) is 46.9 Å². The molecule has 1 heterocycles. The summed E-state index contributed by atoms with van der Waals surface area (Å²) in [6, 6.07) is 14.8. The van der Waals surface area contributed by atoms with Gasteiger partial charge in [0.25, 0.3) is 0 Å². The lowest BCUT2D eigenvalue weighted by atomic mass is 10.0. The van der Waals surface area contributed by atoms with E-state index in [0.29, 0.717) is 12.4 Å². The first kappa shape index (κ1) is 12.9. The van der Waals surface area contributed by atoms with Gasteiger partial charge < -0.3 is 10.2 Å². The Bertz CT molecular complexity index is 731. The Kier molecular flexibility index (Phi) is 3.52. The second-order valence-corrected chi connectivity index (χ2v) is 5.07. The summed E-state index contributed by atoms with van der Waals surface area (Å²) in [5, 5.41) is 0. The number of nitrogens with two attached hydrogens (primary N) is 1. The number of fused-ring (bicyclic) bond motifs is 1. The molecular weight excluding hydrogens is 248 g/mol. The Morgan fingerprint density at radius 1 is 1.05 bits per heavy atom. The van der Waals surface area contributed by atoms with Crippen molar-refractivity contribution in [3.8, 4) is 0 Å². The summed E-state index contributed by atoms with van der Waals surface area (Å²) < 4.78 is 5.50. The molecule has 102 valence electrons. The first-order valence-corrected chi connectivity index (χ1v) is 6.88. The van der Waals surface area contributed by atoms with Gasteiger partial charge in [-0.1, -0.05) is 30.3 Å². The maximum atomic E-state index is 5.61. The first-order chi connectivity index (χ1) is 9.74. The standard InChI is InChI=1S/C17H18N2O/c1-12-19-16-11-15(5-6-17(16)20-12)10-14-4-2-3-13(9-14)7-8-18/h2-6,9,11H,7-8,10,18H2,1H3. The van der Waals surface area contributed by atoms with E-state index in [1.165, 1.54) is 16.7 Å². The SMILES string of the molecule is Cc1nc2cc(Cc3cccc(CCN)c3)ccc2o1. The summed E-state index contributed by atoms with van der Waals surface area (Å²) in [6.07, 6.45) is 1.83. The van der Waals surface area contributed by atoms with Gasteiger partial charge in [0.2, 0.25) is 0 Å². The van der Waals surface area contributed by atoms with Crippen LogP contribution in [0.4, 0.5) is 0 Å². The fourth-order valence-electron chi connectivity index (χ4n) is 2.50. The smallest absolute Gasteiger partial charge is 0.192 e. The Balaban J connectivity index is 1.86. The van der Waals surface area contributed by atoms with Crippen LogP contribution in [0.3, 0.4) is 0 Å². The van der Waals surface area contributed by atoms with Crippen molar-refractivity contribution in [3.05, 3.63) is 65.0 Å². The molecule has 3 aromatic rings. The van der Waals surface area contributed by atoms with Crippen molar-refractivity contribution < 1.29 is 4.42 Å². The van der Waals surface area contributed by atoms with E-state index in [0.717, 1.165) is 23.9 Å². The average molecular weight is 266 g/mol. The highest BCUT2D eigenvalue weighted by atomic mass is 16.3. The van der Waals surface area contributed by atoms with E-state index in [1.807, 2.05) is 13.0 Å². The molecule has 3 nitrogen and oxygen atoms in total. The molecule has 0 fully saturated rings. The van der Waals surface area contributed by atoms with Gasteiger partial charge >= 0.3 is 0 Å². The van der Waals surface area contributed by atoms with Crippen LogP contribution in [0.1, 0.15) is 22.6 Å². The van der Waals surface area contributed by atoms with Crippen molar-refractivity contribution in [2.45, 2.75) is 19.8 Å². The van der Waals surface area contributed by atoms with Gasteiger partial charge in [-0.15, -0.1) is 0 Å². The zero-order valence-corrected chi connectivity index (χ0v) is 11.6. The van der Waals surface area contributed by atoms with Crippen LogP contribution < -0.4 is 5.73 Å². The monoisotopic (exact) mass is 266 g/mol. The molecule has 0 aliphatic rings. The zero-order chi connectivity index (χ0) is 13.9. The predicted molar refractivity (Wildman–Crippen MR) is 80.8 cm³/mol. The van der Waals surface area contributed by atoms with Crippen molar-refractivity contribution in [1.82, 2.24) is 4.98 Å². The molecule has 0 unspecified atom stereocenters. The molecule has 0 aliphatic carbocycles. The summed E-state index contributed by atoms with van der Waals surface area (Å²) >= 11 is 0. The van der Waals surface area contributed by atoms with Gasteiger partial charge in [-0.3, -0.25) is 0 Å². The molecular formula is C17H18N2O. The van der Waals surface area contributed by atoms with Gasteiger partial charge in [-0.25, -0.2) is 4.98 Å². The Hall–Kier alpha value is -2.13. The number of hydrogen-bond donors (Lipinski definition) is 1. The van der Waals surface area contributed by atoms with Crippen LogP contribution in [-0.4, -0.2) is 11.5 Å². The minimum atomic E-state index is 0.688. The summed E-state index contributed by atoms with van der Waals surface area (Å²) in [5.41, 5.74) is 11.2. The Labute approximate surface area is 118 Å². The van der Waals surface area contributed by atoms with Gasteiger partial charge in [0.05, 0.1) is 0 Å². The summed E-state index contributed by atoms with van der Waals surface area (Å²) in [6.45, 7) is 2.56. The number of rotatable bonds is 4. The lowest BCUT2D eigenvalue weighted by molar-refractivity contribution is 0.561. The van der Waals surface area contributed by atoms with E-state index in [9.17, 15) is 0 Å². The Morgan fingerprint density at radius 2 is 1.85 bits per heavy atom. The van der Waals surface area contributed by atoms with E-state index >= 15 is 0 Å². The highest BCUT2D eigenvalue weighted by molar-refractivity contribution is 5.73. The molecule has 0 saturated carbocycles. The summed E-state index contributed by atoms with van der Waals surface area (Å²) in [4.78, 5) is 4.38. The molecule has 2 aromatic carbocycles. The highest BCUT2D eigenvalue weighted by Gasteiger charge is 2.04. The molecule has 2 N–H and O–H groups in total. The zero-order valence-electron chi connectivity index (χ0n) is 11.6. The number of aryl methyl sites for hydroxylation is 1. The topological polar surface area (TPSA) is 52.0 Å². The number of nitrogens with zero attached hydrogens (tertiary/aromatic N) is 1. The molecule has 0 saturated heterocycles. The van der Waals surface area contributed by atoms with Crippen molar-refractivity contribution in [2.24, 2.45) is 5.73 Å². The van der Waals surface area contributed by atoms with E-state index in [1.54, 1.807) is 0 Å². The van der Waals surface area contributed by atoms with Gasteiger partial charge in [0.1, 0.15) is 5.52 Å². The van der Waals surface area contributed by atoms with Crippen molar-refractivity contribution >= 4 is 11.1 Å². The van der Waals surface area contributed by atoms with Gasteiger partial charge in [0.15, 0.2) is 11.5 Å². The lowest BCUT2D eigenvalue weighted by Gasteiger charge is -2.05. The van der Waals surface area contributed by atoms with Crippen molar-refractivity contribution in [1.29, 1.82) is 0 Å². The van der Waals surface area contributed by atoms with E-state index in [2.05, 4.69) is 41.4 Å². The minimum absolute atomic E-state index is 0.688. The normalized spacial score (nSPS) is 11.1. The highest BCUT2D eigenvalue weighted by Crippen LogP contribution is 2.19. The number of hydrogen-bond acceptors (Lipinski definition) is 3. The van der Waals surface area contributed by atoms with Crippen molar-refractivity contribution in [3.63, 3.8) is 0 Å². The molecule has 0 amide bonds. The fraction of sp³-hybridized carbons (Fsp3) is 0.235. The molecule has 0 bridgehead atoms. The summed E-state index contributed by atoms with van der Waals surface area (Å²) in [7, 11) is 0. The van der Waals surface area contributed by atoms with Crippen LogP contribution in [0, 0.1) is 6.92 Å². The molecule has 3 heteroatoms. The maximum Gasteiger partial charge on any atom is 0.192 e. The van der Waals surface area contributed by atoms with Crippen LogP contribution in [0.2, 0.25) is 0 Å². The number of benzene rings is 2. The minimum Gasteiger partial charge on any atom is -0.441 e. The first-order valence-electron chi connectivity index (χ1n) is 6.88. The maximum absolute atomic E-state index is 5.61. The second-order valence-electron chi connectivity index (χ2n) is 5.07. The molecule has 0 spiro atoms. The fourth-order valence-corrected chi connectivity index (χ4v) is 2.50. The summed E-state index contributed by atoms with van der Waals surface area (Å²) in [5.74, 6) is 0.710. The third kappa shape index (κ3) is 2.73. The van der Waals surface area contributed by atoms with Gasteiger partial charge in [-0.2, -0.15) is 0 Å². The third-order valence-electron chi connectivity index (χ3n) is 3.39. The largest absolute Gasteiger partial charge is 0.441 e. The third-order valence-corrected chi connectivity index (χ3v) is 3.39. The van der Waals surface area contributed by atoms with Gasteiger partial charge in [0, 0.05) is 6.92 Å². The molecule has 3 rings (SSSR count). The molecule has 20 heavy (non-hydrogen) atoms. The van der Waals surface area contributed by atoms with E-state index < -0.39 is 0 Å². The quantitative estimate of drug-likeness (QED) is 0.788. The molecule has 0 atom stereocenters. The van der Waals surface area contributed by atoms with Crippen LogP contribution >= 0.6 is 0 Å². The number of oxazole rings is 1. The van der Waals surface area contributed by atoms with E-state index in [4.69, 9.17) is 10.2 Å². The van der Waals surface area contributed by atoms with E-state index in [-0.39, 0.29) is 0 Å². The second kappa shape index (κ2) is 5.47. The van der Waals surface area contributed by atoms with Gasteiger partial charge in [-0.05, 0) is 48.2 Å². The molecule has 1 aromatic heterocycles. The molecule has 0 aliphatic heterocycles. The number of aromatic nitrogens is 1. The predicted octanol–water partition coefficient (Wildman–Crippen LogP) is 3.23. The van der Waals surface area contributed by atoms with Crippen LogP contribution in [0.5, 0.6) is 0 Å². The van der Waals surface area contributed by atoms with Crippen molar-refractivity contribution in [2.75, 3.05) is 6.54 Å². The van der Waals surface area contributed by atoms with Crippen LogP contribution in [0.25, 0.3) is 11.1 Å². The van der Waals surface area contributed by atoms with Crippen LogP contribution in [-0.2, 0) is 12.8 Å². The molecule has 0 radical (unpaired) electrons. The Morgan fingerprint density at radius 3 is 2.70 bits per heavy atom. The average Bonchev–Trinajstić information content (AvgIpc) is 2.79.